The minimum absolute atomic E-state index is 0.316. The first-order valence-corrected chi connectivity index (χ1v) is 8.74. The van der Waals surface area contributed by atoms with Gasteiger partial charge in [-0.15, -0.1) is 0 Å². The fraction of sp³-hybridized carbons (Fsp3) is 0.389. The van der Waals surface area contributed by atoms with E-state index < -0.39 is 0 Å². The second-order valence-corrected chi connectivity index (χ2v) is 6.74. The van der Waals surface area contributed by atoms with Crippen molar-refractivity contribution < 1.29 is 0 Å². The Labute approximate surface area is 152 Å². The summed E-state index contributed by atoms with van der Waals surface area (Å²) >= 11 is 0. The van der Waals surface area contributed by atoms with Gasteiger partial charge in [-0.1, -0.05) is 0 Å². The van der Waals surface area contributed by atoms with Crippen LogP contribution in [-0.2, 0) is 0 Å². The van der Waals surface area contributed by atoms with Crippen LogP contribution in [0.3, 0.4) is 0 Å². The molecule has 0 aliphatic carbocycles. The molecule has 1 unspecified atom stereocenters. The number of fused-ring (bicyclic) bond motifs is 1. The number of nitrogen functional groups attached to an aromatic ring is 1. The molecule has 1 fully saturated rings. The monoisotopic (exact) mass is 350 g/mol. The largest absolute Gasteiger partial charge is 0.382 e. The molecule has 134 valence electrons. The van der Waals surface area contributed by atoms with E-state index in [1.807, 2.05) is 31.1 Å². The smallest absolute Gasteiger partial charge is 0.153 e. The van der Waals surface area contributed by atoms with E-state index >= 15 is 0 Å². The van der Waals surface area contributed by atoms with E-state index in [1.165, 1.54) is 6.33 Å². The van der Waals surface area contributed by atoms with Crippen LogP contribution in [0.4, 0.5) is 17.5 Å². The standard InChI is InChI=1S/C18H22N8/c1-25(2)18-15(20-7-8-21-18)12-4-3-9-26(10-12)14-6-5-13-16(24-14)17(19)23-11-22-13/h5-8,11-12H,3-4,9-10H2,1-2H3,(H2,19,22,23). The van der Waals surface area contributed by atoms with Gasteiger partial charge in [0.1, 0.15) is 23.5 Å². The van der Waals surface area contributed by atoms with Gasteiger partial charge in [0.05, 0.1) is 11.2 Å². The normalized spacial score (nSPS) is 17.5. The minimum atomic E-state index is 0.316. The van der Waals surface area contributed by atoms with Crippen LogP contribution in [0.1, 0.15) is 24.5 Å². The van der Waals surface area contributed by atoms with E-state index in [4.69, 9.17) is 10.7 Å². The lowest BCUT2D eigenvalue weighted by molar-refractivity contribution is 0.498. The third kappa shape index (κ3) is 2.98. The lowest BCUT2D eigenvalue weighted by atomic mass is 9.94. The predicted molar refractivity (Wildman–Crippen MR) is 102 cm³/mol. The Morgan fingerprint density at radius 1 is 1.12 bits per heavy atom. The van der Waals surface area contributed by atoms with E-state index in [-0.39, 0.29) is 0 Å². The van der Waals surface area contributed by atoms with Crippen LogP contribution in [0.5, 0.6) is 0 Å². The van der Waals surface area contributed by atoms with E-state index in [2.05, 4.69) is 24.8 Å². The van der Waals surface area contributed by atoms with Crippen molar-refractivity contribution in [2.45, 2.75) is 18.8 Å². The molecule has 1 saturated heterocycles. The molecule has 1 aliphatic heterocycles. The third-order valence-corrected chi connectivity index (χ3v) is 4.76. The maximum atomic E-state index is 5.97. The van der Waals surface area contributed by atoms with E-state index in [0.29, 0.717) is 17.3 Å². The number of nitrogens with zero attached hydrogens (tertiary/aromatic N) is 7. The first-order valence-electron chi connectivity index (χ1n) is 8.74. The van der Waals surface area contributed by atoms with Crippen LogP contribution >= 0.6 is 0 Å². The number of pyridine rings is 1. The van der Waals surface area contributed by atoms with Crippen LogP contribution in [0.15, 0.2) is 30.9 Å². The summed E-state index contributed by atoms with van der Waals surface area (Å²) in [6.45, 7) is 1.81. The van der Waals surface area contributed by atoms with E-state index in [1.54, 1.807) is 12.4 Å². The molecule has 3 aromatic rings. The van der Waals surface area contributed by atoms with Gasteiger partial charge in [-0.05, 0) is 25.0 Å². The summed E-state index contributed by atoms with van der Waals surface area (Å²) < 4.78 is 0. The Bertz CT molecular complexity index is 926. The highest BCUT2D eigenvalue weighted by Gasteiger charge is 2.26. The van der Waals surface area contributed by atoms with Crippen molar-refractivity contribution in [3.63, 3.8) is 0 Å². The number of anilines is 3. The summed E-state index contributed by atoms with van der Waals surface area (Å²) in [4.78, 5) is 26.4. The third-order valence-electron chi connectivity index (χ3n) is 4.76. The number of hydrogen-bond acceptors (Lipinski definition) is 8. The Balaban J connectivity index is 1.64. The quantitative estimate of drug-likeness (QED) is 0.764. The van der Waals surface area contributed by atoms with Gasteiger partial charge in [-0.3, -0.25) is 4.98 Å². The molecule has 0 amide bonds. The van der Waals surface area contributed by atoms with Crippen LogP contribution < -0.4 is 15.5 Å². The van der Waals surface area contributed by atoms with E-state index in [9.17, 15) is 0 Å². The molecule has 8 heteroatoms. The molecule has 1 atom stereocenters. The molecule has 1 aliphatic rings. The maximum Gasteiger partial charge on any atom is 0.153 e. The minimum Gasteiger partial charge on any atom is -0.382 e. The molecule has 2 N–H and O–H groups in total. The molecule has 0 radical (unpaired) electrons. The van der Waals surface area contributed by atoms with Crippen molar-refractivity contribution in [2.24, 2.45) is 0 Å². The van der Waals surface area contributed by atoms with Gasteiger partial charge in [-0.2, -0.15) is 0 Å². The zero-order valence-electron chi connectivity index (χ0n) is 15.0. The van der Waals surface area contributed by atoms with Gasteiger partial charge >= 0.3 is 0 Å². The molecule has 8 nitrogen and oxygen atoms in total. The highest BCUT2D eigenvalue weighted by Crippen LogP contribution is 2.32. The summed E-state index contributed by atoms with van der Waals surface area (Å²) in [5.41, 5.74) is 8.43. The van der Waals surface area contributed by atoms with Crippen molar-refractivity contribution >= 4 is 28.5 Å². The predicted octanol–water partition coefficient (Wildman–Crippen LogP) is 1.85. The fourth-order valence-electron chi connectivity index (χ4n) is 3.51. The second kappa shape index (κ2) is 6.70. The lowest BCUT2D eigenvalue weighted by Crippen LogP contribution is -2.36. The fourth-order valence-corrected chi connectivity index (χ4v) is 3.51. The van der Waals surface area contributed by atoms with Crippen molar-refractivity contribution in [1.82, 2.24) is 24.9 Å². The van der Waals surface area contributed by atoms with Crippen LogP contribution in [0, 0.1) is 0 Å². The average Bonchev–Trinajstić information content (AvgIpc) is 2.68. The maximum absolute atomic E-state index is 5.97. The summed E-state index contributed by atoms with van der Waals surface area (Å²) in [6, 6.07) is 3.95. The van der Waals surface area contributed by atoms with Crippen molar-refractivity contribution in [2.75, 3.05) is 42.7 Å². The first kappa shape index (κ1) is 16.4. The van der Waals surface area contributed by atoms with Crippen LogP contribution in [0.25, 0.3) is 11.0 Å². The Morgan fingerprint density at radius 2 is 1.96 bits per heavy atom. The topological polar surface area (TPSA) is 97.0 Å². The van der Waals surface area contributed by atoms with Gasteiger partial charge in [-0.25, -0.2) is 19.9 Å². The Morgan fingerprint density at radius 3 is 2.81 bits per heavy atom. The van der Waals surface area contributed by atoms with Gasteiger partial charge in [0.2, 0.25) is 0 Å². The molecular weight excluding hydrogens is 328 g/mol. The zero-order chi connectivity index (χ0) is 18.1. The molecule has 3 aromatic heterocycles. The molecule has 4 rings (SSSR count). The van der Waals surface area contributed by atoms with Gasteiger partial charge in [0.15, 0.2) is 5.82 Å². The number of piperidine rings is 1. The summed E-state index contributed by atoms with van der Waals surface area (Å²) in [6.07, 6.45) is 7.15. The Kier molecular flexibility index (Phi) is 4.24. The van der Waals surface area contributed by atoms with Crippen molar-refractivity contribution in [3.8, 4) is 0 Å². The molecular formula is C18H22N8. The summed E-state index contributed by atoms with van der Waals surface area (Å²) in [5.74, 6) is 2.56. The number of rotatable bonds is 3. The molecule has 4 heterocycles. The number of hydrogen-bond donors (Lipinski definition) is 1. The average molecular weight is 350 g/mol. The van der Waals surface area contributed by atoms with Crippen LogP contribution in [-0.4, -0.2) is 52.1 Å². The van der Waals surface area contributed by atoms with Crippen molar-refractivity contribution in [3.05, 3.63) is 36.5 Å². The molecule has 0 bridgehead atoms. The molecule has 0 spiro atoms. The summed E-state index contributed by atoms with van der Waals surface area (Å²) in [7, 11) is 4.00. The highest BCUT2D eigenvalue weighted by molar-refractivity contribution is 5.84. The van der Waals surface area contributed by atoms with Crippen LogP contribution in [0.2, 0.25) is 0 Å². The number of aromatic nitrogens is 5. The van der Waals surface area contributed by atoms with Crippen molar-refractivity contribution in [1.29, 1.82) is 0 Å². The molecule has 0 aromatic carbocycles. The first-order chi connectivity index (χ1) is 12.6. The van der Waals surface area contributed by atoms with E-state index in [0.717, 1.165) is 48.8 Å². The molecule has 26 heavy (non-hydrogen) atoms. The SMILES string of the molecule is CN(C)c1nccnc1C1CCCN(c2ccc3ncnc(N)c3n2)C1. The second-order valence-electron chi connectivity index (χ2n) is 6.74. The van der Waals surface area contributed by atoms with Gasteiger partial charge < -0.3 is 15.5 Å². The Hall–Kier alpha value is -3.03. The molecule has 0 saturated carbocycles. The van der Waals surface area contributed by atoms with Gasteiger partial charge in [0, 0.05) is 45.5 Å². The van der Waals surface area contributed by atoms with Gasteiger partial charge in [0.25, 0.3) is 0 Å². The lowest BCUT2D eigenvalue weighted by Gasteiger charge is -2.34. The number of nitrogens with two attached hydrogens (primary N) is 1. The zero-order valence-corrected chi connectivity index (χ0v) is 15.0. The summed E-state index contributed by atoms with van der Waals surface area (Å²) in [5, 5.41) is 0. The highest BCUT2D eigenvalue weighted by atomic mass is 15.2.